The van der Waals surface area contributed by atoms with E-state index >= 15 is 0 Å². The maximum Gasteiger partial charge on any atom is 1.00 e. The first kappa shape index (κ1) is 24.3. The van der Waals surface area contributed by atoms with E-state index in [4.69, 9.17) is 24.9 Å². The molecule has 0 aliphatic heterocycles. The van der Waals surface area contributed by atoms with Crippen molar-refractivity contribution in [2.45, 2.75) is 13.8 Å². The summed E-state index contributed by atoms with van der Waals surface area (Å²) < 4.78 is 0. The second kappa shape index (κ2) is 19.6. The molecule has 0 radical (unpaired) electrons. The molecular weight excluding hydrogens is 233 g/mol. The Morgan fingerprint density at radius 2 is 1.27 bits per heavy atom. The van der Waals surface area contributed by atoms with Gasteiger partial charge in [0.2, 0.25) is 0 Å². The summed E-state index contributed by atoms with van der Waals surface area (Å²) in [4.78, 5) is 27.5. The van der Waals surface area contributed by atoms with Crippen LogP contribution >= 0.6 is 0 Å². The van der Waals surface area contributed by atoms with Crippen LogP contribution in [-0.2, 0) is 14.4 Å². The molecule has 4 N–H and O–H groups in total. The zero-order valence-electron chi connectivity index (χ0n) is 10.3. The van der Waals surface area contributed by atoms with E-state index in [1.807, 2.05) is 0 Å². The first-order valence-corrected chi connectivity index (χ1v) is 3.49. The average molecular weight is 249 g/mol. The van der Waals surface area contributed by atoms with Gasteiger partial charge in [-0.25, -0.2) is 0 Å². The van der Waals surface area contributed by atoms with Gasteiger partial charge >= 0.3 is 57.4 Å². The van der Waals surface area contributed by atoms with Gasteiger partial charge in [-0.3, -0.25) is 14.4 Å². The Bertz CT molecular complexity index is 170. The molecule has 0 amide bonds. The molecule has 0 rings (SSSR count). The molecule has 15 heavy (non-hydrogen) atoms. The number of carboxylic acids is 3. The van der Waals surface area contributed by atoms with E-state index in [-0.39, 0.29) is 59.4 Å². The summed E-state index contributed by atoms with van der Waals surface area (Å²) in [5, 5.41) is 25.2. The van der Waals surface area contributed by atoms with Crippen LogP contribution in [0.2, 0.25) is 0 Å². The van der Waals surface area contributed by atoms with Crippen LogP contribution in [0.5, 0.6) is 0 Å². The van der Waals surface area contributed by atoms with Crippen molar-refractivity contribution in [3.63, 3.8) is 0 Å². The summed E-state index contributed by atoms with van der Waals surface area (Å²) in [5.74, 6) is -2.49. The number of rotatable bonds is 2. The fourth-order valence-electron chi connectivity index (χ4n) is 0.151. The van der Waals surface area contributed by atoms with Crippen molar-refractivity contribution in [2.75, 3.05) is 13.6 Å². The maximum absolute atomic E-state index is 9.54. The predicted molar refractivity (Wildman–Crippen MR) is 49.3 cm³/mol. The summed E-state index contributed by atoms with van der Waals surface area (Å²) in [7, 11) is 1.59. The van der Waals surface area contributed by atoms with Gasteiger partial charge in [-0.1, -0.05) is 0 Å². The van der Waals surface area contributed by atoms with Crippen molar-refractivity contribution in [1.82, 2.24) is 5.32 Å². The second-order valence-electron chi connectivity index (χ2n) is 1.96. The molecule has 0 bridgehead atoms. The molecule has 0 saturated carbocycles. The summed E-state index contributed by atoms with van der Waals surface area (Å²) in [6.45, 7) is 2.21. The van der Waals surface area contributed by atoms with Crippen molar-refractivity contribution in [3.05, 3.63) is 0 Å². The zero-order valence-corrected chi connectivity index (χ0v) is 12.4. The molecule has 0 fully saturated rings. The minimum absolute atomic E-state index is 0. The fraction of sp³-hybridized carbons (Fsp3) is 0.571. The number of hydrogen-bond acceptors (Lipinski definition) is 4. The minimum atomic E-state index is -0.833. The molecule has 7 nitrogen and oxygen atoms in total. The first-order chi connectivity index (χ1) is 6.23. The molecule has 0 atom stereocenters. The molecule has 0 aromatic rings. The first-order valence-electron chi connectivity index (χ1n) is 3.49. The monoisotopic (exact) mass is 249 g/mol. The number of hydrogen-bond donors (Lipinski definition) is 4. The molecule has 0 aromatic heterocycles. The van der Waals surface area contributed by atoms with E-state index < -0.39 is 17.9 Å². The van der Waals surface area contributed by atoms with E-state index in [0.717, 1.165) is 13.8 Å². The van der Waals surface area contributed by atoms with Crippen LogP contribution in [0, 0.1) is 0 Å². The van der Waals surface area contributed by atoms with Crippen LogP contribution in [0.25, 0.3) is 0 Å². The topological polar surface area (TPSA) is 124 Å². The van der Waals surface area contributed by atoms with Crippen LogP contribution in [0.15, 0.2) is 0 Å². The normalized spacial score (nSPS) is 6.60. The van der Waals surface area contributed by atoms with Crippen molar-refractivity contribution in [1.29, 1.82) is 0 Å². The molecule has 0 aliphatic rings. The van der Waals surface area contributed by atoms with E-state index in [1.165, 1.54) is 0 Å². The molecule has 0 spiro atoms. The van der Waals surface area contributed by atoms with E-state index in [1.54, 1.807) is 7.05 Å². The van der Waals surface area contributed by atoms with Gasteiger partial charge in [0.25, 0.3) is 11.9 Å². The fourth-order valence-corrected chi connectivity index (χ4v) is 0.151. The van der Waals surface area contributed by atoms with Gasteiger partial charge in [0, 0.05) is 13.8 Å². The number of carbonyl (C=O) groups is 3. The van der Waals surface area contributed by atoms with Gasteiger partial charge in [0.05, 0.1) is 6.54 Å². The molecule has 0 unspecified atom stereocenters. The molecule has 0 heterocycles. The van der Waals surface area contributed by atoms with Crippen molar-refractivity contribution in [2.24, 2.45) is 0 Å². The van der Waals surface area contributed by atoms with Gasteiger partial charge < -0.3 is 22.1 Å². The Kier molecular flexibility index (Phi) is 31.7. The quantitative estimate of drug-likeness (QED) is 0.376. The SMILES string of the molecule is CC(=O)O.CC(=O)O.CNCC(=O)O.[H-].[K+]. The Labute approximate surface area is 132 Å². The average Bonchev–Trinajstić information content (AvgIpc) is 1.82. The van der Waals surface area contributed by atoms with Gasteiger partial charge in [0.15, 0.2) is 0 Å². The van der Waals surface area contributed by atoms with Gasteiger partial charge in [-0.15, -0.1) is 0 Å². The summed E-state index contributed by atoms with van der Waals surface area (Å²) in [5.41, 5.74) is 0. The van der Waals surface area contributed by atoms with Gasteiger partial charge in [-0.2, -0.15) is 0 Å². The second-order valence-corrected chi connectivity index (χ2v) is 1.96. The summed E-state index contributed by atoms with van der Waals surface area (Å²) >= 11 is 0. The standard InChI is InChI=1S/C3H7NO2.2C2H4O2.K.H/c1-4-2-3(5)6;2*1-2(3)4;;/h4H,2H2,1H3,(H,5,6);2*1H3,(H,3,4);;/q;;;+1;-1. The molecule has 0 aliphatic carbocycles. The smallest absolute Gasteiger partial charge is 1.00 e. The number of carboxylic acid groups (broad SMARTS) is 3. The van der Waals surface area contributed by atoms with Crippen LogP contribution < -0.4 is 56.7 Å². The zero-order chi connectivity index (χ0) is 12.1. The third-order valence-corrected chi connectivity index (χ3v) is 0.328. The molecule has 0 saturated heterocycles. The number of aliphatic carboxylic acids is 3. The molecule has 86 valence electrons. The van der Waals surface area contributed by atoms with Crippen molar-refractivity contribution in [3.8, 4) is 0 Å². The van der Waals surface area contributed by atoms with Gasteiger partial charge in [0.1, 0.15) is 0 Å². The van der Waals surface area contributed by atoms with Crippen LogP contribution in [0.4, 0.5) is 0 Å². The molecule has 8 heteroatoms. The van der Waals surface area contributed by atoms with E-state index in [9.17, 15) is 4.79 Å². The molecular formula is C7H16KNO6. The third-order valence-electron chi connectivity index (χ3n) is 0.328. The third kappa shape index (κ3) is 223. The Hall–Kier alpha value is 0.00636. The predicted octanol–water partition coefficient (Wildman–Crippen LogP) is -3.41. The number of nitrogens with one attached hydrogen (secondary N) is 1. The van der Waals surface area contributed by atoms with E-state index in [2.05, 4.69) is 5.32 Å². The Morgan fingerprint density at radius 3 is 1.27 bits per heavy atom. The van der Waals surface area contributed by atoms with E-state index in [0.29, 0.717) is 0 Å². The van der Waals surface area contributed by atoms with Crippen LogP contribution in [0.3, 0.4) is 0 Å². The Balaban J connectivity index is -0.0000000367. The summed E-state index contributed by atoms with van der Waals surface area (Å²) in [6, 6.07) is 0. The number of likely N-dealkylation sites (N-methyl/N-ethyl adjacent to an activating group) is 1. The van der Waals surface area contributed by atoms with Crippen LogP contribution in [-0.4, -0.2) is 46.8 Å². The van der Waals surface area contributed by atoms with Crippen molar-refractivity contribution >= 4 is 17.9 Å². The minimum Gasteiger partial charge on any atom is -1.00 e. The van der Waals surface area contributed by atoms with Gasteiger partial charge in [-0.05, 0) is 7.05 Å². The Morgan fingerprint density at radius 1 is 1.07 bits per heavy atom. The summed E-state index contributed by atoms with van der Waals surface area (Å²) in [6.07, 6.45) is 0. The largest absolute Gasteiger partial charge is 1.00 e. The maximum atomic E-state index is 9.54. The van der Waals surface area contributed by atoms with Crippen LogP contribution in [0.1, 0.15) is 15.3 Å². The van der Waals surface area contributed by atoms with Crippen molar-refractivity contribution < 1.29 is 82.5 Å². The molecule has 0 aromatic carbocycles.